The highest BCUT2D eigenvalue weighted by Gasteiger charge is 2.23. The lowest BCUT2D eigenvalue weighted by atomic mass is 10.1. The van der Waals surface area contributed by atoms with Crippen LogP contribution in [-0.2, 0) is 19.5 Å². The standard InChI is InChI=1S/C17H18FN5S/c1-11-12(2)24-17(19-11)22-6-7-23-15(20-21-16(23)10-22)9-13-4-3-5-14(18)8-13/h3-5,8H,6-7,9-10H2,1-2H3. The van der Waals surface area contributed by atoms with Crippen molar-refractivity contribution < 1.29 is 4.39 Å². The molecule has 5 nitrogen and oxygen atoms in total. The van der Waals surface area contributed by atoms with Gasteiger partial charge in [0.15, 0.2) is 11.0 Å². The summed E-state index contributed by atoms with van der Waals surface area (Å²) in [6, 6.07) is 6.66. The maximum absolute atomic E-state index is 13.4. The van der Waals surface area contributed by atoms with Crippen LogP contribution in [0.25, 0.3) is 0 Å². The van der Waals surface area contributed by atoms with E-state index in [2.05, 4.69) is 31.6 Å². The number of rotatable bonds is 3. The molecule has 0 aliphatic carbocycles. The van der Waals surface area contributed by atoms with Gasteiger partial charge in [-0.05, 0) is 31.5 Å². The van der Waals surface area contributed by atoms with E-state index in [1.165, 1.54) is 10.9 Å². The van der Waals surface area contributed by atoms with Crippen LogP contribution >= 0.6 is 11.3 Å². The average Bonchev–Trinajstić information content (AvgIpc) is 3.11. The van der Waals surface area contributed by atoms with Gasteiger partial charge in [0.1, 0.15) is 11.6 Å². The smallest absolute Gasteiger partial charge is 0.186 e. The molecule has 0 radical (unpaired) electrons. The molecule has 0 bridgehead atoms. The lowest BCUT2D eigenvalue weighted by Gasteiger charge is -2.27. The summed E-state index contributed by atoms with van der Waals surface area (Å²) < 4.78 is 15.5. The van der Waals surface area contributed by atoms with Crippen molar-refractivity contribution >= 4 is 16.5 Å². The van der Waals surface area contributed by atoms with Crippen molar-refractivity contribution in [1.29, 1.82) is 0 Å². The minimum atomic E-state index is -0.216. The van der Waals surface area contributed by atoms with Gasteiger partial charge in [0.2, 0.25) is 0 Å². The molecule has 0 saturated heterocycles. The van der Waals surface area contributed by atoms with Crippen LogP contribution in [0, 0.1) is 19.7 Å². The van der Waals surface area contributed by atoms with Crippen molar-refractivity contribution in [3.8, 4) is 0 Å². The monoisotopic (exact) mass is 343 g/mol. The van der Waals surface area contributed by atoms with Crippen molar-refractivity contribution in [2.75, 3.05) is 11.4 Å². The number of hydrogen-bond acceptors (Lipinski definition) is 5. The Balaban J connectivity index is 1.55. The first-order valence-corrected chi connectivity index (χ1v) is 8.76. The molecule has 1 aliphatic rings. The van der Waals surface area contributed by atoms with Gasteiger partial charge in [-0.15, -0.1) is 21.5 Å². The second-order valence-electron chi connectivity index (χ2n) is 6.05. The zero-order chi connectivity index (χ0) is 16.7. The van der Waals surface area contributed by atoms with Gasteiger partial charge in [-0.25, -0.2) is 9.37 Å². The second kappa shape index (κ2) is 5.98. The molecule has 1 aromatic carbocycles. The summed E-state index contributed by atoms with van der Waals surface area (Å²) in [5.41, 5.74) is 2.01. The van der Waals surface area contributed by atoms with Crippen LogP contribution in [0.5, 0.6) is 0 Å². The van der Waals surface area contributed by atoms with E-state index in [0.717, 1.165) is 41.1 Å². The average molecular weight is 343 g/mol. The van der Waals surface area contributed by atoms with E-state index in [1.807, 2.05) is 13.0 Å². The molecule has 0 amide bonds. The van der Waals surface area contributed by atoms with Crippen molar-refractivity contribution in [3.05, 3.63) is 57.9 Å². The fraction of sp³-hybridized carbons (Fsp3) is 0.353. The number of halogens is 1. The first-order valence-electron chi connectivity index (χ1n) is 7.94. The second-order valence-corrected chi connectivity index (χ2v) is 7.23. The summed E-state index contributed by atoms with van der Waals surface area (Å²) in [6.07, 6.45) is 0.597. The van der Waals surface area contributed by atoms with Crippen LogP contribution in [0.1, 0.15) is 27.8 Å². The van der Waals surface area contributed by atoms with Gasteiger partial charge in [0.05, 0.1) is 12.2 Å². The number of aromatic nitrogens is 4. The maximum Gasteiger partial charge on any atom is 0.186 e. The quantitative estimate of drug-likeness (QED) is 0.733. The Labute approximate surface area is 143 Å². The predicted octanol–water partition coefficient (Wildman–Crippen LogP) is 3.10. The fourth-order valence-corrected chi connectivity index (χ4v) is 3.87. The molecule has 0 spiro atoms. The van der Waals surface area contributed by atoms with E-state index in [-0.39, 0.29) is 5.82 Å². The molecular formula is C17H18FN5S. The summed E-state index contributed by atoms with van der Waals surface area (Å²) in [6.45, 7) is 6.56. The molecule has 0 saturated carbocycles. The van der Waals surface area contributed by atoms with Gasteiger partial charge in [-0.1, -0.05) is 12.1 Å². The number of thiazole rings is 1. The van der Waals surface area contributed by atoms with Crippen molar-refractivity contribution in [3.63, 3.8) is 0 Å². The van der Waals surface area contributed by atoms with Gasteiger partial charge in [-0.3, -0.25) is 0 Å². The molecule has 124 valence electrons. The van der Waals surface area contributed by atoms with E-state index in [1.54, 1.807) is 23.5 Å². The number of benzene rings is 1. The highest BCUT2D eigenvalue weighted by atomic mass is 32.1. The molecule has 7 heteroatoms. The minimum absolute atomic E-state index is 0.216. The zero-order valence-corrected chi connectivity index (χ0v) is 14.5. The largest absolute Gasteiger partial charge is 0.339 e. The highest BCUT2D eigenvalue weighted by molar-refractivity contribution is 7.15. The third-order valence-electron chi connectivity index (χ3n) is 4.37. The molecule has 3 heterocycles. The van der Waals surface area contributed by atoms with E-state index < -0.39 is 0 Å². The van der Waals surface area contributed by atoms with Gasteiger partial charge in [-0.2, -0.15) is 0 Å². The maximum atomic E-state index is 13.4. The van der Waals surface area contributed by atoms with Crippen LogP contribution < -0.4 is 4.90 Å². The van der Waals surface area contributed by atoms with Crippen LogP contribution in [0.15, 0.2) is 24.3 Å². The Kier molecular flexibility index (Phi) is 3.80. The first-order chi connectivity index (χ1) is 11.6. The number of aryl methyl sites for hydroxylation is 2. The third kappa shape index (κ3) is 2.80. The molecular weight excluding hydrogens is 325 g/mol. The summed E-state index contributed by atoms with van der Waals surface area (Å²) in [4.78, 5) is 8.14. The summed E-state index contributed by atoms with van der Waals surface area (Å²) in [7, 11) is 0. The molecule has 1 aliphatic heterocycles. The SMILES string of the molecule is Cc1nc(N2CCn3c(Cc4cccc(F)c4)nnc3C2)sc1C. The van der Waals surface area contributed by atoms with Gasteiger partial charge in [0, 0.05) is 24.4 Å². The van der Waals surface area contributed by atoms with E-state index >= 15 is 0 Å². The summed E-state index contributed by atoms with van der Waals surface area (Å²) >= 11 is 1.72. The van der Waals surface area contributed by atoms with Crippen molar-refractivity contribution in [1.82, 2.24) is 19.7 Å². The topological polar surface area (TPSA) is 46.8 Å². The number of hydrogen-bond donors (Lipinski definition) is 0. The molecule has 4 rings (SSSR count). The van der Waals surface area contributed by atoms with Crippen molar-refractivity contribution in [2.24, 2.45) is 0 Å². The molecule has 0 unspecified atom stereocenters. The number of fused-ring (bicyclic) bond motifs is 1. The zero-order valence-electron chi connectivity index (χ0n) is 13.7. The van der Waals surface area contributed by atoms with Gasteiger partial charge >= 0.3 is 0 Å². The third-order valence-corrected chi connectivity index (χ3v) is 5.50. The normalized spacial score (nSPS) is 14.0. The first kappa shape index (κ1) is 15.3. The van der Waals surface area contributed by atoms with Gasteiger partial charge in [0.25, 0.3) is 0 Å². The lowest BCUT2D eigenvalue weighted by molar-refractivity contribution is 0.545. The minimum Gasteiger partial charge on any atom is -0.339 e. The Bertz CT molecular complexity index is 865. The Morgan fingerprint density at radius 3 is 2.83 bits per heavy atom. The Hall–Kier alpha value is -2.28. The van der Waals surface area contributed by atoms with Crippen LogP contribution in [0.3, 0.4) is 0 Å². The van der Waals surface area contributed by atoms with Crippen LogP contribution in [0.4, 0.5) is 9.52 Å². The fourth-order valence-electron chi connectivity index (χ4n) is 2.93. The highest BCUT2D eigenvalue weighted by Crippen LogP contribution is 2.28. The van der Waals surface area contributed by atoms with Crippen LogP contribution in [0.2, 0.25) is 0 Å². The number of nitrogens with zero attached hydrogens (tertiary/aromatic N) is 5. The van der Waals surface area contributed by atoms with Crippen LogP contribution in [-0.4, -0.2) is 26.3 Å². The van der Waals surface area contributed by atoms with Crippen molar-refractivity contribution in [2.45, 2.75) is 33.4 Å². The molecule has 0 atom stereocenters. The molecule has 24 heavy (non-hydrogen) atoms. The molecule has 0 fully saturated rings. The Morgan fingerprint density at radius 2 is 2.08 bits per heavy atom. The van der Waals surface area contributed by atoms with E-state index in [9.17, 15) is 4.39 Å². The van der Waals surface area contributed by atoms with E-state index in [4.69, 9.17) is 0 Å². The van der Waals surface area contributed by atoms with Gasteiger partial charge < -0.3 is 9.47 Å². The lowest BCUT2D eigenvalue weighted by Crippen LogP contribution is -2.34. The summed E-state index contributed by atoms with van der Waals surface area (Å²) in [5, 5.41) is 9.70. The molecule has 2 aromatic heterocycles. The predicted molar refractivity (Wildman–Crippen MR) is 91.9 cm³/mol. The summed E-state index contributed by atoms with van der Waals surface area (Å²) in [5.74, 6) is 1.62. The Morgan fingerprint density at radius 1 is 1.21 bits per heavy atom. The number of anilines is 1. The van der Waals surface area contributed by atoms with E-state index in [0.29, 0.717) is 13.0 Å². The molecule has 3 aromatic rings. The molecule has 0 N–H and O–H groups in total.